The van der Waals surface area contributed by atoms with Gasteiger partial charge in [0.05, 0.1) is 12.1 Å². The molecule has 0 saturated carbocycles. The molecule has 30 heavy (non-hydrogen) atoms. The van der Waals surface area contributed by atoms with Gasteiger partial charge in [0.15, 0.2) is 0 Å². The van der Waals surface area contributed by atoms with Crippen LogP contribution in [0.3, 0.4) is 0 Å². The first kappa shape index (κ1) is 24.7. The quantitative estimate of drug-likeness (QED) is 0.592. The summed E-state index contributed by atoms with van der Waals surface area (Å²) in [5, 5.41) is 2.94. The van der Waals surface area contributed by atoms with Crippen molar-refractivity contribution >= 4 is 45.4 Å². The van der Waals surface area contributed by atoms with Gasteiger partial charge in [-0.25, -0.2) is 0 Å². The highest BCUT2D eigenvalue weighted by molar-refractivity contribution is 9.10. The Bertz CT molecular complexity index is 747. The Kier molecular flexibility index (Phi) is 10.1. The molecule has 0 spiro atoms. The fourth-order valence-electron chi connectivity index (χ4n) is 3.28. The summed E-state index contributed by atoms with van der Waals surface area (Å²) in [6.07, 6.45) is 3.37. The van der Waals surface area contributed by atoms with Gasteiger partial charge in [-0.3, -0.25) is 19.3 Å². The van der Waals surface area contributed by atoms with Crippen molar-refractivity contribution in [3.8, 4) is 0 Å². The molecule has 9 heteroatoms. The van der Waals surface area contributed by atoms with Gasteiger partial charge >= 0.3 is 0 Å². The Labute approximate surface area is 191 Å². The second-order valence-corrected chi connectivity index (χ2v) is 9.37. The zero-order chi connectivity index (χ0) is 22.1. The summed E-state index contributed by atoms with van der Waals surface area (Å²) in [7, 11) is 3.50. The van der Waals surface area contributed by atoms with E-state index in [1.807, 2.05) is 23.3 Å². The first-order valence-electron chi connectivity index (χ1n) is 10.1. The summed E-state index contributed by atoms with van der Waals surface area (Å²) in [5.41, 5.74) is 0.517. The van der Waals surface area contributed by atoms with E-state index in [1.54, 1.807) is 42.9 Å². The predicted octanol–water partition coefficient (Wildman–Crippen LogP) is 1.92. The summed E-state index contributed by atoms with van der Waals surface area (Å²) in [6.45, 7) is 2.98. The topological polar surface area (TPSA) is 73.0 Å². The van der Waals surface area contributed by atoms with Crippen molar-refractivity contribution in [2.24, 2.45) is 0 Å². The molecule has 0 radical (unpaired) electrons. The Balaban J connectivity index is 2.02. The van der Waals surface area contributed by atoms with E-state index in [0.717, 1.165) is 18.7 Å². The van der Waals surface area contributed by atoms with Crippen LogP contribution >= 0.6 is 27.7 Å². The van der Waals surface area contributed by atoms with E-state index in [0.29, 0.717) is 42.6 Å². The maximum Gasteiger partial charge on any atom is 0.253 e. The number of amides is 3. The third-order valence-corrected chi connectivity index (χ3v) is 6.43. The SMILES string of the molecule is CSCCC(NC(=O)c1ccccc1Br)C(=O)N1CCCN(CC(=O)N(C)C)CC1. The summed E-state index contributed by atoms with van der Waals surface area (Å²) in [6, 6.07) is 6.64. The van der Waals surface area contributed by atoms with Crippen LogP contribution in [0.25, 0.3) is 0 Å². The van der Waals surface area contributed by atoms with E-state index in [-0.39, 0.29) is 17.7 Å². The lowest BCUT2D eigenvalue weighted by molar-refractivity contribution is -0.133. The number of hydrogen-bond donors (Lipinski definition) is 1. The molecule has 0 aliphatic carbocycles. The van der Waals surface area contributed by atoms with Crippen LogP contribution in [0.1, 0.15) is 23.2 Å². The number of thioether (sulfide) groups is 1. The Morgan fingerprint density at radius 3 is 2.57 bits per heavy atom. The number of hydrogen-bond acceptors (Lipinski definition) is 5. The van der Waals surface area contributed by atoms with Crippen molar-refractivity contribution in [1.29, 1.82) is 0 Å². The van der Waals surface area contributed by atoms with Crippen LogP contribution in [0.2, 0.25) is 0 Å². The highest BCUT2D eigenvalue weighted by Gasteiger charge is 2.28. The van der Waals surface area contributed by atoms with Gasteiger partial charge < -0.3 is 15.1 Å². The minimum Gasteiger partial charge on any atom is -0.348 e. The number of nitrogens with one attached hydrogen (secondary N) is 1. The zero-order valence-electron chi connectivity index (χ0n) is 17.9. The van der Waals surface area contributed by atoms with Crippen LogP contribution in [0.4, 0.5) is 0 Å². The van der Waals surface area contributed by atoms with E-state index >= 15 is 0 Å². The molecular weight excluding hydrogens is 468 g/mol. The molecule has 1 aromatic rings. The highest BCUT2D eigenvalue weighted by Crippen LogP contribution is 2.17. The van der Waals surface area contributed by atoms with Crippen LogP contribution in [0, 0.1) is 0 Å². The van der Waals surface area contributed by atoms with Crippen molar-refractivity contribution < 1.29 is 14.4 Å². The van der Waals surface area contributed by atoms with Crippen molar-refractivity contribution in [2.45, 2.75) is 18.9 Å². The second kappa shape index (κ2) is 12.3. The van der Waals surface area contributed by atoms with Gasteiger partial charge in [-0.2, -0.15) is 11.8 Å². The fourth-order valence-corrected chi connectivity index (χ4v) is 4.21. The van der Waals surface area contributed by atoms with Crippen molar-refractivity contribution in [2.75, 3.05) is 58.8 Å². The molecule has 1 saturated heterocycles. The Hall–Kier alpha value is -1.58. The highest BCUT2D eigenvalue weighted by atomic mass is 79.9. The van der Waals surface area contributed by atoms with Gasteiger partial charge in [-0.15, -0.1) is 0 Å². The Morgan fingerprint density at radius 1 is 1.17 bits per heavy atom. The van der Waals surface area contributed by atoms with E-state index in [1.165, 1.54) is 0 Å². The zero-order valence-corrected chi connectivity index (χ0v) is 20.3. The van der Waals surface area contributed by atoms with Crippen LogP contribution in [0.15, 0.2) is 28.7 Å². The molecular formula is C21H31BrN4O3S. The standard InChI is InChI=1S/C21H31BrN4O3S/c1-24(2)19(27)15-25-10-6-11-26(13-12-25)21(29)18(9-14-30-3)23-20(28)16-7-4-5-8-17(16)22/h4-5,7-8,18H,6,9-15H2,1-3H3,(H,23,28). The Morgan fingerprint density at radius 2 is 1.90 bits per heavy atom. The lowest BCUT2D eigenvalue weighted by Gasteiger charge is -2.27. The summed E-state index contributed by atoms with van der Waals surface area (Å²) in [5.74, 6) is 0.540. The summed E-state index contributed by atoms with van der Waals surface area (Å²) >= 11 is 5.06. The van der Waals surface area contributed by atoms with Crippen LogP contribution in [-0.2, 0) is 9.59 Å². The van der Waals surface area contributed by atoms with Crippen molar-refractivity contribution in [3.63, 3.8) is 0 Å². The van der Waals surface area contributed by atoms with Crippen molar-refractivity contribution in [3.05, 3.63) is 34.3 Å². The van der Waals surface area contributed by atoms with Gasteiger partial charge in [0, 0.05) is 44.7 Å². The molecule has 1 unspecified atom stereocenters. The largest absolute Gasteiger partial charge is 0.348 e. The molecule has 166 valence electrons. The molecule has 0 bridgehead atoms. The van der Waals surface area contributed by atoms with Gasteiger partial charge in [0.1, 0.15) is 6.04 Å². The molecule has 3 amide bonds. The van der Waals surface area contributed by atoms with E-state index in [4.69, 9.17) is 0 Å². The number of carbonyl (C=O) groups excluding carboxylic acids is 3. The maximum atomic E-state index is 13.2. The number of nitrogens with zero attached hydrogens (tertiary/aromatic N) is 3. The molecule has 7 nitrogen and oxygen atoms in total. The predicted molar refractivity (Wildman–Crippen MR) is 125 cm³/mol. The molecule has 1 fully saturated rings. The molecule has 1 heterocycles. The average Bonchev–Trinajstić information content (AvgIpc) is 2.96. The second-order valence-electron chi connectivity index (χ2n) is 7.53. The molecule has 1 aliphatic heterocycles. The monoisotopic (exact) mass is 498 g/mol. The third-order valence-electron chi connectivity index (χ3n) is 5.09. The van der Waals surface area contributed by atoms with Gasteiger partial charge in [-0.1, -0.05) is 12.1 Å². The van der Waals surface area contributed by atoms with E-state index < -0.39 is 6.04 Å². The molecule has 2 rings (SSSR count). The third kappa shape index (κ3) is 7.28. The summed E-state index contributed by atoms with van der Waals surface area (Å²) < 4.78 is 0.703. The number of rotatable bonds is 8. The molecule has 1 aromatic carbocycles. The molecule has 0 aromatic heterocycles. The summed E-state index contributed by atoms with van der Waals surface area (Å²) in [4.78, 5) is 43.5. The normalized spacial score (nSPS) is 15.9. The smallest absolute Gasteiger partial charge is 0.253 e. The number of benzene rings is 1. The minimum atomic E-state index is -0.563. The molecule has 1 aliphatic rings. The number of carbonyl (C=O) groups is 3. The van der Waals surface area contributed by atoms with Gasteiger partial charge in [0.2, 0.25) is 11.8 Å². The first-order chi connectivity index (χ1) is 14.3. The average molecular weight is 499 g/mol. The van der Waals surface area contributed by atoms with Gasteiger partial charge in [-0.05, 0) is 52.9 Å². The molecule has 1 N–H and O–H groups in total. The van der Waals surface area contributed by atoms with Crippen molar-refractivity contribution in [1.82, 2.24) is 20.0 Å². The van der Waals surface area contributed by atoms with Crippen LogP contribution < -0.4 is 5.32 Å². The lowest BCUT2D eigenvalue weighted by Crippen LogP contribution is -2.50. The minimum absolute atomic E-state index is 0.0507. The van der Waals surface area contributed by atoms with Gasteiger partial charge in [0.25, 0.3) is 5.91 Å². The maximum absolute atomic E-state index is 13.2. The lowest BCUT2D eigenvalue weighted by atomic mass is 10.1. The fraction of sp³-hybridized carbons (Fsp3) is 0.571. The van der Waals surface area contributed by atoms with E-state index in [9.17, 15) is 14.4 Å². The van der Waals surface area contributed by atoms with Crippen LogP contribution in [0.5, 0.6) is 0 Å². The molecule has 1 atom stereocenters. The van der Waals surface area contributed by atoms with Crippen LogP contribution in [-0.4, -0.2) is 97.3 Å². The first-order valence-corrected chi connectivity index (χ1v) is 12.3. The number of likely N-dealkylation sites (N-methyl/N-ethyl adjacent to an activating group) is 1. The van der Waals surface area contributed by atoms with E-state index in [2.05, 4.69) is 26.1 Å². The number of halogens is 1.